The Bertz CT molecular complexity index is 1220. The van der Waals surface area contributed by atoms with Gasteiger partial charge in [0.05, 0.1) is 30.4 Å². The second-order valence-corrected chi connectivity index (χ2v) is 7.46. The van der Waals surface area contributed by atoms with Crippen molar-refractivity contribution >= 4 is 22.7 Å². The first-order chi connectivity index (χ1) is 14.1. The van der Waals surface area contributed by atoms with Crippen molar-refractivity contribution in [2.75, 3.05) is 14.2 Å². The molecule has 8 nitrogen and oxygen atoms in total. The molecule has 0 unspecified atom stereocenters. The molecule has 0 amide bonds. The van der Waals surface area contributed by atoms with Gasteiger partial charge in [-0.25, -0.2) is 4.98 Å². The Balaban J connectivity index is 1.57. The SMILES string of the molecule is COc1ccc(-c2nnc(S[C@@H](C)c3nc4ccccc4c(=O)[nH]3)o2)cc1OC. The number of ether oxygens (including phenoxy) is 2. The summed E-state index contributed by atoms with van der Waals surface area (Å²) in [5.74, 6) is 2.10. The minimum atomic E-state index is -0.189. The number of H-pyrrole nitrogens is 1. The summed E-state index contributed by atoms with van der Waals surface area (Å²) >= 11 is 1.32. The highest BCUT2D eigenvalue weighted by atomic mass is 32.2. The molecule has 1 atom stereocenters. The van der Waals surface area contributed by atoms with Gasteiger partial charge in [-0.1, -0.05) is 23.9 Å². The first kappa shape index (κ1) is 19.0. The van der Waals surface area contributed by atoms with Crippen LogP contribution in [0, 0.1) is 0 Å². The van der Waals surface area contributed by atoms with Gasteiger partial charge in [-0.3, -0.25) is 4.79 Å². The van der Waals surface area contributed by atoms with Crippen LogP contribution in [0.5, 0.6) is 11.5 Å². The number of rotatable bonds is 6. The molecule has 0 aliphatic rings. The largest absolute Gasteiger partial charge is 0.493 e. The quantitative estimate of drug-likeness (QED) is 0.478. The van der Waals surface area contributed by atoms with Gasteiger partial charge in [-0.15, -0.1) is 10.2 Å². The van der Waals surface area contributed by atoms with E-state index in [1.165, 1.54) is 11.8 Å². The van der Waals surface area contributed by atoms with Gasteiger partial charge in [0.25, 0.3) is 10.8 Å². The van der Waals surface area contributed by atoms with Gasteiger partial charge >= 0.3 is 0 Å². The molecule has 4 rings (SSSR count). The Labute approximate surface area is 170 Å². The zero-order valence-electron chi connectivity index (χ0n) is 16.0. The third-order valence-corrected chi connectivity index (χ3v) is 5.27. The number of hydrogen-bond acceptors (Lipinski definition) is 8. The van der Waals surface area contributed by atoms with E-state index < -0.39 is 0 Å². The molecule has 0 fully saturated rings. The summed E-state index contributed by atoms with van der Waals surface area (Å²) in [6.07, 6.45) is 0. The van der Waals surface area contributed by atoms with Crippen LogP contribution >= 0.6 is 11.8 Å². The maximum atomic E-state index is 12.3. The number of hydrogen-bond donors (Lipinski definition) is 1. The van der Waals surface area contributed by atoms with Crippen LogP contribution in [0.2, 0.25) is 0 Å². The Morgan fingerprint density at radius 2 is 1.86 bits per heavy atom. The number of aromatic nitrogens is 4. The van der Waals surface area contributed by atoms with Crippen molar-refractivity contribution < 1.29 is 13.9 Å². The first-order valence-electron chi connectivity index (χ1n) is 8.80. The predicted molar refractivity (Wildman–Crippen MR) is 109 cm³/mol. The molecule has 0 spiro atoms. The normalized spacial score (nSPS) is 12.1. The number of para-hydroxylation sites is 1. The Morgan fingerprint density at radius 3 is 2.66 bits per heavy atom. The Morgan fingerprint density at radius 1 is 1.07 bits per heavy atom. The second kappa shape index (κ2) is 7.96. The van der Waals surface area contributed by atoms with Crippen molar-refractivity contribution in [3.63, 3.8) is 0 Å². The van der Waals surface area contributed by atoms with Gasteiger partial charge in [0, 0.05) is 5.56 Å². The van der Waals surface area contributed by atoms with Gasteiger partial charge in [0.15, 0.2) is 11.5 Å². The number of aromatic amines is 1. The van der Waals surface area contributed by atoms with E-state index in [1.54, 1.807) is 32.4 Å². The number of fused-ring (bicyclic) bond motifs is 1. The first-order valence-corrected chi connectivity index (χ1v) is 9.68. The Kier molecular flexibility index (Phi) is 5.22. The highest BCUT2D eigenvalue weighted by Crippen LogP contribution is 2.35. The zero-order valence-corrected chi connectivity index (χ0v) is 16.8. The molecule has 0 saturated carbocycles. The standard InChI is InChI=1S/C20H18N4O4S/c1-11(17-21-14-7-5-4-6-13(14)18(25)22-17)29-20-24-23-19(28-20)12-8-9-15(26-2)16(10-12)27-3/h4-11H,1-3H3,(H,21,22,25)/t11-/m0/s1. The van der Waals surface area contributed by atoms with Crippen LogP contribution in [-0.2, 0) is 0 Å². The average molecular weight is 410 g/mol. The van der Waals surface area contributed by atoms with Gasteiger partial charge in [-0.2, -0.15) is 0 Å². The van der Waals surface area contributed by atoms with Crippen LogP contribution in [-0.4, -0.2) is 34.4 Å². The van der Waals surface area contributed by atoms with E-state index >= 15 is 0 Å². The third kappa shape index (κ3) is 3.81. The predicted octanol–water partition coefficient (Wildman–Crippen LogP) is 3.84. The molecule has 0 saturated heterocycles. The van der Waals surface area contributed by atoms with Crippen molar-refractivity contribution in [1.82, 2.24) is 20.2 Å². The lowest BCUT2D eigenvalue weighted by Gasteiger charge is -2.08. The summed E-state index contributed by atoms with van der Waals surface area (Å²) in [6.45, 7) is 1.91. The van der Waals surface area contributed by atoms with Crippen LogP contribution in [0.4, 0.5) is 0 Å². The molecule has 1 N–H and O–H groups in total. The van der Waals surface area contributed by atoms with Gasteiger partial charge in [-0.05, 0) is 37.3 Å². The highest BCUT2D eigenvalue weighted by Gasteiger charge is 2.18. The monoisotopic (exact) mass is 410 g/mol. The number of nitrogens with zero attached hydrogens (tertiary/aromatic N) is 3. The molecular weight excluding hydrogens is 392 g/mol. The molecule has 2 aromatic heterocycles. The van der Waals surface area contributed by atoms with Crippen LogP contribution in [0.1, 0.15) is 18.0 Å². The summed E-state index contributed by atoms with van der Waals surface area (Å²) < 4.78 is 16.3. The summed E-state index contributed by atoms with van der Waals surface area (Å²) in [7, 11) is 3.14. The summed E-state index contributed by atoms with van der Waals surface area (Å²) in [6, 6.07) is 12.6. The van der Waals surface area contributed by atoms with Crippen molar-refractivity contribution in [3.05, 3.63) is 58.6 Å². The molecule has 0 aliphatic heterocycles. The minimum Gasteiger partial charge on any atom is -0.493 e. The van der Waals surface area contributed by atoms with Crippen molar-refractivity contribution in [2.24, 2.45) is 0 Å². The number of nitrogens with one attached hydrogen (secondary N) is 1. The summed E-state index contributed by atoms with van der Waals surface area (Å²) in [5, 5.41) is 8.94. The molecule has 0 aliphatic carbocycles. The maximum Gasteiger partial charge on any atom is 0.277 e. The van der Waals surface area contributed by atoms with Gasteiger partial charge in [0.2, 0.25) is 5.89 Å². The van der Waals surface area contributed by atoms with Gasteiger partial charge < -0.3 is 18.9 Å². The molecule has 4 aromatic rings. The van der Waals surface area contributed by atoms with E-state index in [0.29, 0.717) is 44.9 Å². The van der Waals surface area contributed by atoms with Crippen molar-refractivity contribution in [3.8, 4) is 23.0 Å². The van der Waals surface area contributed by atoms with E-state index in [9.17, 15) is 4.79 Å². The summed E-state index contributed by atoms with van der Waals surface area (Å²) in [5.41, 5.74) is 1.19. The summed E-state index contributed by atoms with van der Waals surface area (Å²) in [4.78, 5) is 19.7. The third-order valence-electron chi connectivity index (χ3n) is 4.33. The van der Waals surface area contributed by atoms with E-state index in [0.717, 1.165) is 0 Å². The molecule has 2 heterocycles. The van der Waals surface area contributed by atoms with Crippen LogP contribution < -0.4 is 15.0 Å². The fourth-order valence-electron chi connectivity index (χ4n) is 2.85. The minimum absolute atomic E-state index is 0.172. The molecule has 2 aromatic carbocycles. The van der Waals surface area contributed by atoms with Crippen LogP contribution in [0.15, 0.2) is 56.9 Å². The van der Waals surface area contributed by atoms with E-state index in [2.05, 4.69) is 20.2 Å². The fraction of sp³-hybridized carbons (Fsp3) is 0.200. The van der Waals surface area contributed by atoms with E-state index in [4.69, 9.17) is 13.9 Å². The molecule has 0 radical (unpaired) electrons. The second-order valence-electron chi connectivity index (χ2n) is 6.17. The van der Waals surface area contributed by atoms with Crippen molar-refractivity contribution in [1.29, 1.82) is 0 Å². The van der Waals surface area contributed by atoms with Gasteiger partial charge in [0.1, 0.15) is 5.82 Å². The number of methoxy groups -OCH3 is 2. The smallest absolute Gasteiger partial charge is 0.277 e. The lowest BCUT2D eigenvalue weighted by Crippen LogP contribution is -2.12. The molecular formula is C20H18N4O4S. The molecule has 29 heavy (non-hydrogen) atoms. The molecule has 148 valence electrons. The van der Waals surface area contributed by atoms with Crippen LogP contribution in [0.3, 0.4) is 0 Å². The molecule has 0 bridgehead atoms. The molecule has 9 heteroatoms. The van der Waals surface area contributed by atoms with Crippen LogP contribution in [0.25, 0.3) is 22.4 Å². The lowest BCUT2D eigenvalue weighted by molar-refractivity contribution is 0.355. The number of thioether (sulfide) groups is 1. The van der Waals surface area contributed by atoms with E-state index in [1.807, 2.05) is 31.2 Å². The number of benzene rings is 2. The zero-order chi connectivity index (χ0) is 20.4. The fourth-order valence-corrected chi connectivity index (χ4v) is 3.59. The topological polar surface area (TPSA) is 103 Å². The van der Waals surface area contributed by atoms with Crippen molar-refractivity contribution in [2.45, 2.75) is 17.4 Å². The lowest BCUT2D eigenvalue weighted by atomic mass is 10.2. The van der Waals surface area contributed by atoms with E-state index in [-0.39, 0.29) is 10.8 Å². The Hall–Kier alpha value is -3.33. The average Bonchev–Trinajstić information content (AvgIpc) is 3.21. The highest BCUT2D eigenvalue weighted by molar-refractivity contribution is 7.99. The maximum absolute atomic E-state index is 12.3.